The van der Waals surface area contributed by atoms with E-state index in [1.54, 1.807) is 6.07 Å². The number of fused-ring (bicyclic) bond motifs is 1. The lowest BCUT2D eigenvalue weighted by Gasteiger charge is -2.22. The van der Waals surface area contributed by atoms with Gasteiger partial charge in [-0.2, -0.15) is 0 Å². The minimum atomic E-state index is 0.366. The minimum Gasteiger partial charge on any atom is -0.508 e. The van der Waals surface area contributed by atoms with E-state index in [1.807, 2.05) is 12.1 Å². The first-order valence-corrected chi connectivity index (χ1v) is 4.30. The van der Waals surface area contributed by atoms with Gasteiger partial charge in [-0.05, 0) is 36.6 Å². The lowest BCUT2D eigenvalue weighted by atomic mass is 9.97. The fourth-order valence-corrected chi connectivity index (χ4v) is 1.66. The number of hydrogen-bond donors (Lipinski definition) is 2. The second kappa shape index (κ2) is 2.79. The van der Waals surface area contributed by atoms with Crippen LogP contribution < -0.4 is 5.32 Å². The van der Waals surface area contributed by atoms with Gasteiger partial charge >= 0.3 is 0 Å². The van der Waals surface area contributed by atoms with Crippen LogP contribution in [0.5, 0.6) is 5.75 Å². The van der Waals surface area contributed by atoms with Gasteiger partial charge in [0, 0.05) is 12.6 Å². The summed E-state index contributed by atoms with van der Waals surface area (Å²) in [6.45, 7) is 3.06. The van der Waals surface area contributed by atoms with Crippen molar-refractivity contribution in [3.8, 4) is 5.75 Å². The predicted octanol–water partition coefficient (Wildman–Crippen LogP) is 1.43. The van der Waals surface area contributed by atoms with Gasteiger partial charge in [-0.15, -0.1) is 0 Å². The SMILES string of the molecule is CC1Cc2ccc(O)cc2CN1. The van der Waals surface area contributed by atoms with Crippen molar-refractivity contribution in [2.75, 3.05) is 0 Å². The molecule has 0 aliphatic carbocycles. The highest BCUT2D eigenvalue weighted by atomic mass is 16.3. The Morgan fingerprint density at radius 1 is 1.42 bits per heavy atom. The van der Waals surface area contributed by atoms with Crippen LogP contribution in [0.2, 0.25) is 0 Å². The van der Waals surface area contributed by atoms with E-state index < -0.39 is 0 Å². The maximum atomic E-state index is 9.23. The van der Waals surface area contributed by atoms with Crippen molar-refractivity contribution >= 4 is 0 Å². The lowest BCUT2D eigenvalue weighted by molar-refractivity contribution is 0.468. The molecular weight excluding hydrogens is 150 g/mol. The Bertz CT molecular complexity index is 296. The van der Waals surface area contributed by atoms with Gasteiger partial charge in [0.05, 0.1) is 0 Å². The number of phenols is 1. The molecule has 12 heavy (non-hydrogen) atoms. The molecule has 64 valence electrons. The second-order valence-electron chi connectivity index (χ2n) is 3.44. The van der Waals surface area contributed by atoms with E-state index in [0.29, 0.717) is 11.8 Å². The standard InChI is InChI=1S/C10H13NO/c1-7-4-8-2-3-10(12)5-9(8)6-11-7/h2-3,5,7,11-12H,4,6H2,1H3. The number of benzene rings is 1. The molecule has 0 saturated carbocycles. The highest BCUT2D eigenvalue weighted by Gasteiger charge is 2.13. The average Bonchev–Trinajstić information content (AvgIpc) is 2.05. The van der Waals surface area contributed by atoms with E-state index in [0.717, 1.165) is 13.0 Å². The van der Waals surface area contributed by atoms with E-state index in [4.69, 9.17) is 0 Å². The van der Waals surface area contributed by atoms with Crippen molar-refractivity contribution in [1.82, 2.24) is 5.32 Å². The zero-order chi connectivity index (χ0) is 8.55. The zero-order valence-electron chi connectivity index (χ0n) is 7.17. The van der Waals surface area contributed by atoms with Crippen LogP contribution in [0.25, 0.3) is 0 Å². The Labute approximate surface area is 72.2 Å². The van der Waals surface area contributed by atoms with Gasteiger partial charge < -0.3 is 10.4 Å². The van der Waals surface area contributed by atoms with E-state index in [-0.39, 0.29) is 0 Å². The van der Waals surface area contributed by atoms with E-state index in [1.165, 1.54) is 11.1 Å². The third-order valence-electron chi connectivity index (χ3n) is 2.36. The Balaban J connectivity index is 2.37. The van der Waals surface area contributed by atoms with Gasteiger partial charge in [0.1, 0.15) is 5.75 Å². The van der Waals surface area contributed by atoms with Crippen LogP contribution in [-0.4, -0.2) is 11.1 Å². The summed E-state index contributed by atoms with van der Waals surface area (Å²) in [6, 6.07) is 6.18. The summed E-state index contributed by atoms with van der Waals surface area (Å²) < 4.78 is 0. The number of hydrogen-bond acceptors (Lipinski definition) is 2. The summed E-state index contributed by atoms with van der Waals surface area (Å²) in [4.78, 5) is 0. The zero-order valence-corrected chi connectivity index (χ0v) is 7.17. The van der Waals surface area contributed by atoms with Crippen molar-refractivity contribution in [3.63, 3.8) is 0 Å². The van der Waals surface area contributed by atoms with Crippen LogP contribution in [0.15, 0.2) is 18.2 Å². The highest BCUT2D eigenvalue weighted by molar-refractivity contribution is 5.36. The largest absolute Gasteiger partial charge is 0.508 e. The van der Waals surface area contributed by atoms with Crippen LogP contribution in [0.3, 0.4) is 0 Å². The van der Waals surface area contributed by atoms with Gasteiger partial charge in [-0.25, -0.2) is 0 Å². The molecular formula is C10H13NO. The smallest absolute Gasteiger partial charge is 0.115 e. The third kappa shape index (κ3) is 1.30. The molecule has 1 aliphatic heterocycles. The van der Waals surface area contributed by atoms with Gasteiger partial charge in [-0.1, -0.05) is 6.07 Å². The van der Waals surface area contributed by atoms with Crippen molar-refractivity contribution in [3.05, 3.63) is 29.3 Å². The first kappa shape index (κ1) is 7.62. The Kier molecular flexibility index (Phi) is 1.77. The summed E-state index contributed by atoms with van der Waals surface area (Å²) in [5.41, 5.74) is 2.59. The van der Waals surface area contributed by atoms with Crippen LogP contribution in [-0.2, 0) is 13.0 Å². The molecule has 0 saturated heterocycles. The molecule has 0 amide bonds. The maximum absolute atomic E-state index is 9.23. The third-order valence-corrected chi connectivity index (χ3v) is 2.36. The number of rotatable bonds is 0. The molecule has 1 atom stereocenters. The predicted molar refractivity (Wildman–Crippen MR) is 48.1 cm³/mol. The molecule has 0 spiro atoms. The first-order chi connectivity index (χ1) is 5.75. The molecule has 0 bridgehead atoms. The maximum Gasteiger partial charge on any atom is 0.115 e. The molecule has 2 rings (SSSR count). The average molecular weight is 163 g/mol. The van der Waals surface area contributed by atoms with E-state index >= 15 is 0 Å². The van der Waals surface area contributed by atoms with Crippen molar-refractivity contribution in [2.45, 2.75) is 25.9 Å². The number of aromatic hydroxyl groups is 1. The van der Waals surface area contributed by atoms with Crippen LogP contribution in [0.4, 0.5) is 0 Å². The summed E-state index contributed by atoms with van der Waals surface area (Å²) in [7, 11) is 0. The van der Waals surface area contributed by atoms with E-state index in [2.05, 4.69) is 12.2 Å². The molecule has 0 fully saturated rings. The van der Waals surface area contributed by atoms with Crippen LogP contribution in [0, 0.1) is 0 Å². The van der Waals surface area contributed by atoms with Gasteiger partial charge in [0.25, 0.3) is 0 Å². The number of nitrogens with one attached hydrogen (secondary N) is 1. The molecule has 1 aliphatic rings. The van der Waals surface area contributed by atoms with Crippen LogP contribution in [0.1, 0.15) is 18.1 Å². The Hall–Kier alpha value is -1.02. The summed E-state index contributed by atoms with van der Waals surface area (Å²) in [5.74, 6) is 0.366. The molecule has 2 N–H and O–H groups in total. The molecule has 1 aromatic rings. The normalized spacial score (nSPS) is 21.9. The topological polar surface area (TPSA) is 32.3 Å². The second-order valence-corrected chi connectivity index (χ2v) is 3.44. The summed E-state index contributed by atoms with van der Waals surface area (Å²) in [5, 5.41) is 12.6. The molecule has 1 aromatic carbocycles. The lowest BCUT2D eigenvalue weighted by Crippen LogP contribution is -2.32. The van der Waals surface area contributed by atoms with Gasteiger partial charge in [0.15, 0.2) is 0 Å². The summed E-state index contributed by atoms with van der Waals surface area (Å²) in [6.07, 6.45) is 1.07. The Morgan fingerprint density at radius 2 is 2.25 bits per heavy atom. The fourth-order valence-electron chi connectivity index (χ4n) is 1.66. The molecule has 2 nitrogen and oxygen atoms in total. The minimum absolute atomic E-state index is 0.366. The fraction of sp³-hybridized carbons (Fsp3) is 0.400. The molecule has 0 radical (unpaired) electrons. The summed E-state index contributed by atoms with van der Waals surface area (Å²) >= 11 is 0. The Morgan fingerprint density at radius 3 is 3.08 bits per heavy atom. The van der Waals surface area contributed by atoms with Gasteiger partial charge in [-0.3, -0.25) is 0 Å². The number of phenolic OH excluding ortho intramolecular Hbond substituents is 1. The quantitative estimate of drug-likeness (QED) is 0.606. The monoisotopic (exact) mass is 163 g/mol. The highest BCUT2D eigenvalue weighted by Crippen LogP contribution is 2.20. The molecule has 1 heterocycles. The van der Waals surface area contributed by atoms with Gasteiger partial charge in [0.2, 0.25) is 0 Å². The first-order valence-electron chi connectivity index (χ1n) is 4.30. The van der Waals surface area contributed by atoms with E-state index in [9.17, 15) is 5.11 Å². The van der Waals surface area contributed by atoms with Crippen molar-refractivity contribution in [2.24, 2.45) is 0 Å². The van der Waals surface area contributed by atoms with Crippen molar-refractivity contribution < 1.29 is 5.11 Å². The van der Waals surface area contributed by atoms with Crippen LogP contribution >= 0.6 is 0 Å². The van der Waals surface area contributed by atoms with Crippen molar-refractivity contribution in [1.29, 1.82) is 0 Å². The molecule has 0 aromatic heterocycles. The molecule has 1 unspecified atom stereocenters. The molecule has 2 heteroatoms.